The molecule has 0 fully saturated rings. The number of hydrogen-bond donors (Lipinski definition) is 1. The minimum absolute atomic E-state index is 0.374. The van der Waals surface area contributed by atoms with Gasteiger partial charge in [-0.1, -0.05) is 47.5 Å². The van der Waals surface area contributed by atoms with Gasteiger partial charge in [-0.25, -0.2) is 4.79 Å². The number of amides is 1. The second-order valence-corrected chi connectivity index (χ2v) is 6.25. The van der Waals surface area contributed by atoms with Crippen molar-refractivity contribution in [3.63, 3.8) is 0 Å². The lowest BCUT2D eigenvalue weighted by molar-refractivity contribution is -0.142. The van der Waals surface area contributed by atoms with Gasteiger partial charge in [0.2, 0.25) is 0 Å². The van der Waals surface area contributed by atoms with E-state index in [0.29, 0.717) is 10.7 Å². The predicted molar refractivity (Wildman–Crippen MR) is 101 cm³/mol. The summed E-state index contributed by atoms with van der Waals surface area (Å²) in [5.74, 6) is -1.02. The Kier molecular flexibility index (Phi) is 6.37. The highest BCUT2D eigenvalue weighted by molar-refractivity contribution is 6.34. The summed E-state index contributed by atoms with van der Waals surface area (Å²) in [5, 5.41) is 3.12. The molecule has 0 aliphatic heterocycles. The number of ether oxygens (including phenoxy) is 1. The van der Waals surface area contributed by atoms with E-state index in [2.05, 4.69) is 5.32 Å². The van der Waals surface area contributed by atoms with Gasteiger partial charge in [-0.2, -0.15) is 0 Å². The second kappa shape index (κ2) is 8.49. The average molecular weight is 358 g/mol. The van der Waals surface area contributed by atoms with E-state index in [1.54, 1.807) is 12.1 Å². The molecule has 130 valence electrons. The maximum absolute atomic E-state index is 11.9. The van der Waals surface area contributed by atoms with Crippen LogP contribution in [-0.4, -0.2) is 18.5 Å². The number of halogens is 1. The lowest BCUT2D eigenvalue weighted by Gasteiger charge is -2.11. The highest BCUT2D eigenvalue weighted by atomic mass is 35.5. The van der Waals surface area contributed by atoms with Crippen LogP contribution >= 0.6 is 11.6 Å². The molecule has 25 heavy (non-hydrogen) atoms. The molecule has 2 rings (SSSR count). The number of aryl methyl sites for hydroxylation is 3. The average Bonchev–Trinajstić information content (AvgIpc) is 2.55. The van der Waals surface area contributed by atoms with Crippen molar-refractivity contribution in [3.8, 4) is 0 Å². The first-order valence-electron chi connectivity index (χ1n) is 7.83. The molecule has 0 spiro atoms. The second-order valence-electron chi connectivity index (χ2n) is 5.84. The molecule has 0 aliphatic carbocycles. The van der Waals surface area contributed by atoms with Crippen molar-refractivity contribution in [2.45, 2.75) is 20.8 Å². The van der Waals surface area contributed by atoms with E-state index in [9.17, 15) is 9.59 Å². The zero-order valence-electron chi connectivity index (χ0n) is 14.4. The smallest absolute Gasteiger partial charge is 0.331 e. The Morgan fingerprint density at radius 1 is 1.08 bits per heavy atom. The molecule has 0 radical (unpaired) electrons. The van der Waals surface area contributed by atoms with Gasteiger partial charge >= 0.3 is 5.97 Å². The Morgan fingerprint density at radius 3 is 2.40 bits per heavy atom. The van der Waals surface area contributed by atoms with Crippen LogP contribution in [0.1, 0.15) is 22.3 Å². The molecule has 2 aromatic rings. The zero-order chi connectivity index (χ0) is 18.4. The number of carbonyl (C=O) groups excluding carboxylic acids is 2. The van der Waals surface area contributed by atoms with Crippen LogP contribution in [0, 0.1) is 20.8 Å². The molecule has 2 aromatic carbocycles. The van der Waals surface area contributed by atoms with Crippen molar-refractivity contribution < 1.29 is 14.3 Å². The van der Waals surface area contributed by atoms with E-state index < -0.39 is 11.9 Å². The Labute approximate surface area is 152 Å². The highest BCUT2D eigenvalue weighted by Gasteiger charge is 2.11. The zero-order valence-corrected chi connectivity index (χ0v) is 15.2. The molecular weight excluding hydrogens is 338 g/mol. The number of carbonyl (C=O) groups is 2. The first-order valence-corrected chi connectivity index (χ1v) is 8.21. The molecule has 0 bridgehead atoms. The van der Waals surface area contributed by atoms with E-state index >= 15 is 0 Å². The molecule has 4 nitrogen and oxygen atoms in total. The summed E-state index contributed by atoms with van der Waals surface area (Å²) in [7, 11) is 0. The molecule has 1 amide bonds. The maximum Gasteiger partial charge on any atom is 0.331 e. The van der Waals surface area contributed by atoms with Gasteiger partial charge in [-0.05, 0) is 49.6 Å². The lowest BCUT2D eigenvalue weighted by Crippen LogP contribution is -2.20. The van der Waals surface area contributed by atoms with Crippen LogP contribution in [0.4, 0.5) is 5.69 Å². The summed E-state index contributed by atoms with van der Waals surface area (Å²) in [6.07, 6.45) is 2.93. The van der Waals surface area contributed by atoms with Gasteiger partial charge < -0.3 is 10.1 Å². The van der Waals surface area contributed by atoms with Crippen molar-refractivity contribution in [1.29, 1.82) is 0 Å². The van der Waals surface area contributed by atoms with Gasteiger partial charge in [0.05, 0.1) is 10.7 Å². The van der Waals surface area contributed by atoms with Crippen LogP contribution in [0.15, 0.2) is 42.5 Å². The fourth-order valence-corrected chi connectivity index (χ4v) is 2.64. The minimum Gasteiger partial charge on any atom is -0.452 e. The fraction of sp³-hybridized carbons (Fsp3) is 0.200. The van der Waals surface area contributed by atoms with E-state index in [-0.39, 0.29) is 6.61 Å². The Morgan fingerprint density at radius 2 is 1.76 bits per heavy atom. The highest BCUT2D eigenvalue weighted by Crippen LogP contribution is 2.27. The summed E-state index contributed by atoms with van der Waals surface area (Å²) >= 11 is 6.14. The number of esters is 1. The van der Waals surface area contributed by atoms with Gasteiger partial charge in [-0.3, -0.25) is 4.79 Å². The van der Waals surface area contributed by atoms with Crippen molar-refractivity contribution in [1.82, 2.24) is 0 Å². The Bertz CT molecular complexity index is 787. The summed E-state index contributed by atoms with van der Waals surface area (Å²) in [6, 6.07) is 11.4. The number of rotatable bonds is 5. The summed E-state index contributed by atoms with van der Waals surface area (Å²) in [5.41, 5.74) is 4.41. The third kappa shape index (κ3) is 5.76. The monoisotopic (exact) mass is 357 g/mol. The van der Waals surface area contributed by atoms with Crippen LogP contribution < -0.4 is 5.32 Å². The fourth-order valence-electron chi connectivity index (χ4n) is 2.28. The molecule has 0 unspecified atom stereocenters. The van der Waals surface area contributed by atoms with Crippen LogP contribution in [0.5, 0.6) is 0 Å². The van der Waals surface area contributed by atoms with Crippen molar-refractivity contribution in [2.75, 3.05) is 11.9 Å². The number of benzene rings is 2. The molecule has 0 aromatic heterocycles. The summed E-state index contributed by atoms with van der Waals surface area (Å²) in [6.45, 7) is 5.39. The first kappa shape index (κ1) is 18.7. The first-order chi connectivity index (χ1) is 11.8. The van der Waals surface area contributed by atoms with Crippen LogP contribution in [0.25, 0.3) is 6.08 Å². The summed E-state index contributed by atoms with van der Waals surface area (Å²) in [4.78, 5) is 23.7. The van der Waals surface area contributed by atoms with Gasteiger partial charge in [0.25, 0.3) is 5.91 Å². The molecule has 0 heterocycles. The van der Waals surface area contributed by atoms with Crippen molar-refractivity contribution >= 4 is 35.2 Å². The topological polar surface area (TPSA) is 55.4 Å². The van der Waals surface area contributed by atoms with E-state index in [1.165, 1.54) is 6.08 Å². The van der Waals surface area contributed by atoms with Gasteiger partial charge in [0.15, 0.2) is 6.61 Å². The van der Waals surface area contributed by atoms with Crippen LogP contribution in [-0.2, 0) is 14.3 Å². The molecule has 5 heteroatoms. The largest absolute Gasteiger partial charge is 0.452 e. The third-order valence-electron chi connectivity index (χ3n) is 3.53. The van der Waals surface area contributed by atoms with Gasteiger partial charge in [0.1, 0.15) is 0 Å². The molecule has 0 saturated carbocycles. The molecule has 0 saturated heterocycles. The van der Waals surface area contributed by atoms with Crippen molar-refractivity contribution in [3.05, 3.63) is 69.8 Å². The van der Waals surface area contributed by atoms with Gasteiger partial charge in [-0.15, -0.1) is 0 Å². The number of nitrogens with one attached hydrogen (secondary N) is 1. The number of hydrogen-bond acceptors (Lipinski definition) is 3. The maximum atomic E-state index is 11.9. The SMILES string of the molecule is Cc1ccc(/C=C/C(=O)OCC(=O)Nc2c(C)cc(C)cc2Cl)cc1. The van der Waals surface area contributed by atoms with E-state index in [1.807, 2.05) is 51.1 Å². The van der Waals surface area contributed by atoms with Crippen molar-refractivity contribution in [2.24, 2.45) is 0 Å². The normalized spacial score (nSPS) is 10.7. The number of anilines is 1. The van der Waals surface area contributed by atoms with Gasteiger partial charge in [0, 0.05) is 6.08 Å². The lowest BCUT2D eigenvalue weighted by atomic mass is 10.1. The minimum atomic E-state index is -0.581. The molecular formula is C20H20ClNO3. The van der Waals surface area contributed by atoms with Crippen LogP contribution in [0.2, 0.25) is 5.02 Å². The Balaban J connectivity index is 1.87. The Hall–Kier alpha value is -2.59. The van der Waals surface area contributed by atoms with E-state index in [0.717, 1.165) is 22.3 Å². The van der Waals surface area contributed by atoms with E-state index in [4.69, 9.17) is 16.3 Å². The quantitative estimate of drug-likeness (QED) is 0.635. The summed E-state index contributed by atoms with van der Waals surface area (Å²) < 4.78 is 4.94. The predicted octanol–water partition coefficient (Wildman–Crippen LogP) is 4.46. The molecule has 0 atom stereocenters. The molecule has 0 aliphatic rings. The van der Waals surface area contributed by atoms with Crippen LogP contribution in [0.3, 0.4) is 0 Å². The molecule has 1 N–H and O–H groups in total. The standard InChI is InChI=1S/C20H20ClNO3/c1-13-4-6-16(7-5-13)8-9-19(24)25-12-18(23)22-20-15(3)10-14(2)11-17(20)21/h4-11H,12H2,1-3H3,(H,22,23)/b9-8+. The third-order valence-corrected chi connectivity index (χ3v) is 3.83.